The van der Waals surface area contributed by atoms with Gasteiger partial charge < -0.3 is 98.6 Å². The zero-order valence-electron chi connectivity index (χ0n) is 77.3. The topological polar surface area (TPSA) is 678 Å². The van der Waals surface area contributed by atoms with Crippen LogP contribution >= 0.6 is 11.8 Å². The molecule has 2 heterocycles. The first-order valence-corrected chi connectivity index (χ1v) is 47.9. The van der Waals surface area contributed by atoms with E-state index < -0.39 is 277 Å². The fourth-order valence-electron chi connectivity index (χ4n) is 14.6. The Morgan fingerprint density at radius 1 is 0.563 bits per heavy atom. The van der Waals surface area contributed by atoms with Crippen LogP contribution < -0.4 is 63.4 Å². The molecule has 2 aromatic rings. The molecular weight excluding hydrogens is 1830 g/mol. The third-order valence-electron chi connectivity index (χ3n) is 21.6. The van der Waals surface area contributed by atoms with Crippen LogP contribution in [0.2, 0.25) is 0 Å². The quantitative estimate of drug-likeness (QED) is 0.0194. The number of carbonyl (C=O) groups is 18. The maximum absolute atomic E-state index is 14.3. The number of nitrogens with zero attached hydrogens (tertiary/aromatic N) is 3. The number of likely N-dealkylation sites (tertiary alicyclic amines) is 1. The van der Waals surface area contributed by atoms with Crippen LogP contribution in [0.5, 0.6) is 0 Å². The Morgan fingerprint density at radius 2 is 1.04 bits per heavy atom. The van der Waals surface area contributed by atoms with E-state index >= 15 is 0 Å². The Labute approximate surface area is 786 Å². The number of aliphatic carboxylic acids is 5. The standard InChI is InChI=1S/C88H126N14O30S3/c1-12-89-68(87(7,8)57-45-55(134(126,127)128)27-26-52(57)4)23-17-14-13-15-18-24-69-88(9,10)58-46-56(135(129,130)131)28-34-66(58)101(69)41-20-16-19-25-70(104)94-60(30-36-74(109)110)81(120)97-62(32-38-76(113)114)83(122)99-63(33-39-77(115)116)84(123)98-61(31-37-75(111)112)82(121)96-59(29-35-73(107)108)79(118)90-40-43-132-49-72(106)102-42-21-22-67(102)86(125)100-64(44-51(2)3)80(119)92-48-71(105)95-65(50-133-11)85(124)93-54(6)78(117)91-47-53(5)103/h13-15,17-18,23-24,26-28,34,45-46,51,54,59-65,67H,12,16,19-22,25,29-33,35-44,47-50H2,1-11H3,(H,90,118)(H,91,117)(H,92,119)(H,93,124)(H,94,104)(H,95,105)(H,96,121)(H,97,120)(H,98,123)(H,99,122)(H,100,125)(H,107,108)(H,109,110)(H,111,112)(H,113,114)(H,115,116)(H,126,127,128)(H,129,130,131)/b14-13+,18-15+,23-17+,69-24+,89-68+/t54-,59+,60+,61+,62+,63+,64-,65-,67-/m0/s1. The van der Waals surface area contributed by atoms with E-state index in [-0.39, 0.29) is 66.0 Å². The molecule has 9 atom stereocenters. The highest BCUT2D eigenvalue weighted by atomic mass is 32.2. The molecule has 2 aliphatic rings. The third-order valence-corrected chi connectivity index (χ3v) is 24.0. The van der Waals surface area contributed by atoms with Crippen molar-refractivity contribution in [3.05, 3.63) is 101 Å². The van der Waals surface area contributed by atoms with Gasteiger partial charge in [0.15, 0.2) is 0 Å². The van der Waals surface area contributed by atoms with Gasteiger partial charge in [-0.2, -0.15) is 28.6 Å². The zero-order valence-corrected chi connectivity index (χ0v) is 79.7. The van der Waals surface area contributed by atoms with E-state index in [1.165, 1.54) is 54.8 Å². The normalized spacial score (nSPS) is 15.9. The highest BCUT2D eigenvalue weighted by Crippen LogP contribution is 2.49. The van der Waals surface area contributed by atoms with E-state index in [2.05, 4.69) is 63.5 Å². The Hall–Kier alpha value is -12.3. The summed E-state index contributed by atoms with van der Waals surface area (Å²) in [4.78, 5) is 242. The molecule has 44 nitrogen and oxygen atoms in total. The summed E-state index contributed by atoms with van der Waals surface area (Å²) < 4.78 is 74.2. The molecule has 2 aliphatic heterocycles. The van der Waals surface area contributed by atoms with Crippen molar-refractivity contribution in [3.63, 3.8) is 0 Å². The molecular formula is C88H126N14O30S3. The molecule has 18 N–H and O–H groups in total. The molecule has 1 fully saturated rings. The van der Waals surface area contributed by atoms with Gasteiger partial charge in [0, 0.05) is 98.4 Å². The second kappa shape index (κ2) is 55.5. The number of aryl methyl sites for hydroxylation is 1. The number of fused-ring (bicyclic) bond motifs is 1. The van der Waals surface area contributed by atoms with E-state index in [0.717, 1.165) is 5.56 Å². The lowest BCUT2D eigenvalue weighted by Crippen LogP contribution is -2.59. The number of carboxylic acid groups (broad SMARTS) is 5. The van der Waals surface area contributed by atoms with E-state index in [1.807, 2.05) is 52.5 Å². The smallest absolute Gasteiger partial charge is 0.303 e. The largest absolute Gasteiger partial charge is 0.481 e. The summed E-state index contributed by atoms with van der Waals surface area (Å²) in [6.07, 6.45) is 7.56. The monoisotopic (exact) mass is 1950 g/mol. The molecule has 0 spiro atoms. The first-order chi connectivity index (χ1) is 63.2. The maximum Gasteiger partial charge on any atom is 0.303 e. The molecule has 0 bridgehead atoms. The predicted octanol–water partition coefficient (Wildman–Crippen LogP) is 1.71. The summed E-state index contributed by atoms with van der Waals surface area (Å²) in [6.45, 7) is 15.7. The first-order valence-electron chi connectivity index (χ1n) is 43.7. The number of aliphatic imine (C=N–C) groups is 1. The van der Waals surface area contributed by atoms with E-state index in [0.29, 0.717) is 60.6 Å². The van der Waals surface area contributed by atoms with Crippen LogP contribution in [-0.4, -0.2) is 287 Å². The molecule has 0 unspecified atom stereocenters. The summed E-state index contributed by atoms with van der Waals surface area (Å²) in [5.41, 5.74) is 2.26. The highest BCUT2D eigenvalue weighted by molar-refractivity contribution is 7.98. The number of amides is 12. The summed E-state index contributed by atoms with van der Waals surface area (Å²) in [7, 11) is -9.14. The highest BCUT2D eigenvalue weighted by Gasteiger charge is 2.43. The van der Waals surface area contributed by atoms with Gasteiger partial charge in [0.05, 0.1) is 29.5 Å². The number of hydrogen-bond acceptors (Lipinski definition) is 26. The molecule has 135 heavy (non-hydrogen) atoms. The lowest BCUT2D eigenvalue weighted by atomic mass is 9.77. The lowest BCUT2D eigenvalue weighted by molar-refractivity contribution is -0.142. The first kappa shape index (κ1) is 115. The van der Waals surface area contributed by atoms with Crippen LogP contribution in [0.15, 0.2) is 99.4 Å². The number of rotatable bonds is 60. The molecule has 1 saturated heterocycles. The summed E-state index contributed by atoms with van der Waals surface area (Å²) in [5.74, 6) is -19.3. The minimum absolute atomic E-state index is 0.0721. The number of thioether (sulfide) groups is 1. The fourth-order valence-corrected chi connectivity index (χ4v) is 16.1. The number of allylic oxidation sites excluding steroid dienone is 8. The number of benzene rings is 2. The maximum atomic E-state index is 14.3. The van der Waals surface area contributed by atoms with Gasteiger partial charge >= 0.3 is 29.8 Å². The number of carboxylic acids is 5. The zero-order chi connectivity index (χ0) is 101. The van der Waals surface area contributed by atoms with Gasteiger partial charge in [-0.05, 0) is 163 Å². The van der Waals surface area contributed by atoms with Crippen LogP contribution in [-0.2, 0) is 122 Å². The van der Waals surface area contributed by atoms with Crippen molar-refractivity contribution < 1.29 is 143 Å². The number of hydrogen-bond donors (Lipinski definition) is 18. The fraction of sp³-hybridized carbons (Fsp3) is 0.557. The molecule has 746 valence electrons. The second-order valence-corrected chi connectivity index (χ2v) is 37.4. The number of ether oxygens (including phenoxy) is 1. The lowest BCUT2D eigenvalue weighted by Gasteiger charge is -2.28. The van der Waals surface area contributed by atoms with E-state index in [9.17, 15) is 138 Å². The van der Waals surface area contributed by atoms with Gasteiger partial charge in [-0.25, -0.2) is 0 Å². The predicted molar refractivity (Wildman–Crippen MR) is 491 cm³/mol. The number of unbranched alkanes of at least 4 members (excludes halogenated alkanes) is 2. The van der Waals surface area contributed by atoms with Crippen LogP contribution in [0, 0.1) is 12.8 Å². The average Bonchev–Trinajstić information content (AvgIpc) is 1.58. The van der Waals surface area contributed by atoms with Gasteiger partial charge in [0.25, 0.3) is 20.2 Å². The van der Waals surface area contributed by atoms with Crippen molar-refractivity contribution >= 4 is 150 Å². The number of carbonyl (C=O) groups excluding carboxylic acids is 13. The molecule has 0 aromatic heterocycles. The van der Waals surface area contributed by atoms with Gasteiger partial charge in [-0.3, -0.25) is 100 Å². The van der Waals surface area contributed by atoms with Crippen LogP contribution in [0.25, 0.3) is 0 Å². The molecule has 0 saturated carbocycles. The molecule has 2 aromatic carbocycles. The average molecular weight is 1960 g/mol. The molecule has 4 rings (SSSR count). The van der Waals surface area contributed by atoms with Crippen molar-refractivity contribution in [3.8, 4) is 0 Å². The van der Waals surface area contributed by atoms with Gasteiger partial charge in [0.1, 0.15) is 66.8 Å². The Balaban J connectivity index is 1.43. The summed E-state index contributed by atoms with van der Waals surface area (Å²) in [6, 6.07) is -5.40. The minimum atomic E-state index is -4.64. The SMILES string of the molecule is CC\N=C(/C=C/C=C/C=C/C=C1/N(CCCCCC(=O)N[C@H](CCC(=O)O)C(=O)N[C@H](CCC(=O)O)C(=O)N[C@H](CCC(=O)O)C(=O)N[C@H](CCC(=O)O)C(=O)N[C@H](CCC(=O)O)C(=O)NCCOCC(=O)N2CCC[C@H]2C(=O)N[C@@H](CC(C)C)C(=O)NCC(=O)N[C@@H](CSC)C(=O)N[C@@H](C)C(=O)NCC(C)=O)c2ccc(S(=O)(=O)O)cc2C1(C)C)C(C)(C)c1cc(S(=O)(=O)O)ccc1C. The third kappa shape index (κ3) is 39.3. The molecule has 12 amide bonds. The Morgan fingerprint density at radius 3 is 1.54 bits per heavy atom. The van der Waals surface area contributed by atoms with Gasteiger partial charge in [-0.15, -0.1) is 0 Å². The van der Waals surface area contributed by atoms with Crippen molar-refractivity contribution in [2.24, 2.45) is 10.9 Å². The van der Waals surface area contributed by atoms with Gasteiger partial charge in [0.2, 0.25) is 70.9 Å². The van der Waals surface area contributed by atoms with Crippen molar-refractivity contribution in [1.29, 1.82) is 0 Å². The number of anilines is 1. The van der Waals surface area contributed by atoms with Crippen molar-refractivity contribution in [1.82, 2.24) is 63.4 Å². The minimum Gasteiger partial charge on any atom is -0.481 e. The van der Waals surface area contributed by atoms with Gasteiger partial charge in [-0.1, -0.05) is 84.4 Å². The van der Waals surface area contributed by atoms with E-state index in [1.54, 1.807) is 68.7 Å². The summed E-state index contributed by atoms with van der Waals surface area (Å²) >= 11 is 1.20. The molecule has 47 heteroatoms. The number of ketones is 1. The van der Waals surface area contributed by atoms with Crippen LogP contribution in [0.4, 0.5) is 5.69 Å². The molecule has 0 radical (unpaired) electrons. The van der Waals surface area contributed by atoms with Crippen LogP contribution in [0.3, 0.4) is 0 Å². The summed E-state index contributed by atoms with van der Waals surface area (Å²) in [5, 5.41) is 74.7. The van der Waals surface area contributed by atoms with Crippen molar-refractivity contribution in [2.45, 2.75) is 253 Å². The second-order valence-electron chi connectivity index (χ2n) is 33.6. The Kier molecular flexibility index (Phi) is 47.3. The van der Waals surface area contributed by atoms with E-state index in [4.69, 9.17) is 4.74 Å². The Bertz CT molecular complexity index is 5030. The molecule has 0 aliphatic carbocycles. The number of nitrogens with one attached hydrogen (secondary N) is 11. The number of Topliss-reactive ketones (excluding diaryl/α,β-unsaturated/α-hetero) is 1. The van der Waals surface area contributed by atoms with Crippen LogP contribution in [0.1, 0.15) is 188 Å². The van der Waals surface area contributed by atoms with Crippen molar-refractivity contribution in [2.75, 3.05) is 69.4 Å².